The Hall–Kier alpha value is -2.24. The van der Waals surface area contributed by atoms with E-state index in [1.165, 1.54) is 0 Å². The highest BCUT2D eigenvalue weighted by Gasteiger charge is 2.36. The Balaban J connectivity index is 1.79. The van der Waals surface area contributed by atoms with E-state index >= 15 is 0 Å². The fourth-order valence-corrected chi connectivity index (χ4v) is 4.31. The molecule has 26 heavy (non-hydrogen) atoms. The predicted octanol–water partition coefficient (Wildman–Crippen LogP) is 4.16. The summed E-state index contributed by atoms with van der Waals surface area (Å²) in [5.41, 5.74) is 8.61. The van der Waals surface area contributed by atoms with Crippen molar-refractivity contribution in [3.8, 4) is 10.6 Å². The first-order valence-corrected chi connectivity index (χ1v) is 9.82. The number of likely N-dealkylation sites (tertiary alicyclic amines) is 1. The van der Waals surface area contributed by atoms with Crippen LogP contribution in [0.4, 0.5) is 0 Å². The second-order valence-corrected chi connectivity index (χ2v) is 8.61. The monoisotopic (exact) mass is 365 g/mol. The van der Waals surface area contributed by atoms with Crippen LogP contribution in [0.25, 0.3) is 21.5 Å². The van der Waals surface area contributed by atoms with Crippen LogP contribution in [-0.2, 0) is 0 Å². The third-order valence-electron chi connectivity index (χ3n) is 5.32. The quantitative estimate of drug-likeness (QED) is 0.742. The van der Waals surface area contributed by atoms with Crippen LogP contribution >= 0.6 is 11.3 Å². The number of aromatic nitrogens is 1. The van der Waals surface area contributed by atoms with Gasteiger partial charge in [0.1, 0.15) is 0 Å². The number of hydrogen-bond donors (Lipinski definition) is 1. The zero-order valence-electron chi connectivity index (χ0n) is 15.1. The maximum absolute atomic E-state index is 13.4. The van der Waals surface area contributed by atoms with E-state index in [9.17, 15) is 4.79 Å². The van der Waals surface area contributed by atoms with Gasteiger partial charge in [-0.1, -0.05) is 38.1 Å². The van der Waals surface area contributed by atoms with E-state index in [1.807, 2.05) is 52.7 Å². The number of benzene rings is 1. The fraction of sp³-hybridized carbons (Fsp3) is 0.333. The molecule has 3 aromatic rings. The Labute approximate surface area is 157 Å². The Bertz CT molecular complexity index is 949. The standard InChI is InChI=1S/C21H23N3OS/c1-21(2)13-24(10-9-19(21)22)20(25)15-12-17(18-8-5-11-26-18)23-16-7-4-3-6-14(15)16/h3-8,11-12,19H,9-10,13,22H2,1-2H3. The molecule has 4 nitrogen and oxygen atoms in total. The minimum Gasteiger partial charge on any atom is -0.338 e. The lowest BCUT2D eigenvalue weighted by molar-refractivity contribution is 0.0535. The van der Waals surface area contributed by atoms with Gasteiger partial charge in [0.15, 0.2) is 0 Å². The van der Waals surface area contributed by atoms with Crippen LogP contribution in [0.2, 0.25) is 0 Å². The summed E-state index contributed by atoms with van der Waals surface area (Å²) < 4.78 is 0. The van der Waals surface area contributed by atoms with Gasteiger partial charge in [0.2, 0.25) is 0 Å². The summed E-state index contributed by atoms with van der Waals surface area (Å²) in [6.07, 6.45) is 0.833. The topological polar surface area (TPSA) is 59.2 Å². The van der Waals surface area contributed by atoms with Crippen molar-refractivity contribution >= 4 is 28.1 Å². The molecule has 134 valence electrons. The highest BCUT2D eigenvalue weighted by Crippen LogP contribution is 2.32. The van der Waals surface area contributed by atoms with Crippen LogP contribution in [0, 0.1) is 5.41 Å². The van der Waals surface area contributed by atoms with Crippen LogP contribution in [0.1, 0.15) is 30.6 Å². The van der Waals surface area contributed by atoms with E-state index in [0.717, 1.165) is 33.5 Å². The molecule has 2 N–H and O–H groups in total. The van der Waals surface area contributed by atoms with Gasteiger partial charge in [-0.15, -0.1) is 11.3 Å². The van der Waals surface area contributed by atoms with Crippen LogP contribution in [0.15, 0.2) is 47.8 Å². The molecule has 1 atom stereocenters. The molecular formula is C21H23N3OS. The smallest absolute Gasteiger partial charge is 0.254 e. The van der Waals surface area contributed by atoms with Crippen molar-refractivity contribution in [3.05, 3.63) is 53.4 Å². The number of pyridine rings is 1. The summed E-state index contributed by atoms with van der Waals surface area (Å²) in [5.74, 6) is 0.0707. The average Bonchev–Trinajstić information content (AvgIpc) is 3.17. The number of nitrogens with zero attached hydrogens (tertiary/aromatic N) is 2. The van der Waals surface area contributed by atoms with Gasteiger partial charge in [-0.3, -0.25) is 4.79 Å². The molecule has 0 spiro atoms. The second-order valence-electron chi connectivity index (χ2n) is 7.66. The van der Waals surface area contributed by atoms with Gasteiger partial charge in [-0.05, 0) is 35.4 Å². The number of para-hydroxylation sites is 1. The fourth-order valence-electron chi connectivity index (χ4n) is 3.62. The number of thiophene rings is 1. The van der Waals surface area contributed by atoms with Crippen LogP contribution in [0.3, 0.4) is 0 Å². The van der Waals surface area contributed by atoms with Gasteiger partial charge in [-0.25, -0.2) is 4.98 Å². The number of carbonyl (C=O) groups is 1. The Morgan fingerprint density at radius 1 is 1.27 bits per heavy atom. The number of nitrogens with two attached hydrogens (primary N) is 1. The van der Waals surface area contributed by atoms with Crippen LogP contribution in [0.5, 0.6) is 0 Å². The van der Waals surface area contributed by atoms with Crippen molar-refractivity contribution in [2.24, 2.45) is 11.1 Å². The van der Waals surface area contributed by atoms with Gasteiger partial charge >= 0.3 is 0 Å². The van der Waals surface area contributed by atoms with Crippen molar-refractivity contribution in [2.75, 3.05) is 13.1 Å². The van der Waals surface area contributed by atoms with Crippen molar-refractivity contribution in [1.29, 1.82) is 0 Å². The lowest BCUT2D eigenvalue weighted by atomic mass is 9.79. The van der Waals surface area contributed by atoms with Crippen molar-refractivity contribution in [1.82, 2.24) is 9.88 Å². The number of piperidine rings is 1. The lowest BCUT2D eigenvalue weighted by Gasteiger charge is -2.42. The zero-order chi connectivity index (χ0) is 18.3. The van der Waals surface area contributed by atoms with E-state index in [0.29, 0.717) is 13.1 Å². The number of fused-ring (bicyclic) bond motifs is 1. The highest BCUT2D eigenvalue weighted by molar-refractivity contribution is 7.13. The van der Waals surface area contributed by atoms with E-state index < -0.39 is 0 Å². The molecule has 1 aliphatic heterocycles. The van der Waals surface area contributed by atoms with E-state index in [4.69, 9.17) is 10.7 Å². The Morgan fingerprint density at radius 2 is 2.08 bits per heavy atom. The number of rotatable bonds is 2. The summed E-state index contributed by atoms with van der Waals surface area (Å²) in [7, 11) is 0. The molecule has 3 heterocycles. The average molecular weight is 366 g/mol. The molecule has 1 aliphatic rings. The third kappa shape index (κ3) is 3.02. The summed E-state index contributed by atoms with van der Waals surface area (Å²) in [6.45, 7) is 5.66. The molecular weight excluding hydrogens is 342 g/mol. The van der Waals surface area contributed by atoms with Crippen molar-refractivity contribution < 1.29 is 4.79 Å². The first kappa shape index (κ1) is 17.2. The Kier molecular flexibility index (Phi) is 4.29. The van der Waals surface area contributed by atoms with E-state index in [2.05, 4.69) is 13.8 Å². The van der Waals surface area contributed by atoms with Crippen LogP contribution in [-0.4, -0.2) is 34.9 Å². The number of hydrogen-bond acceptors (Lipinski definition) is 4. The summed E-state index contributed by atoms with van der Waals surface area (Å²) in [5, 5.41) is 2.94. The summed E-state index contributed by atoms with van der Waals surface area (Å²) >= 11 is 1.64. The molecule has 4 rings (SSSR count). The SMILES string of the molecule is CC1(C)CN(C(=O)c2cc(-c3cccs3)nc3ccccc23)CCC1N. The van der Waals surface area contributed by atoms with Gasteiger partial charge in [0, 0.05) is 24.5 Å². The molecule has 1 unspecified atom stereocenters. The third-order valence-corrected chi connectivity index (χ3v) is 6.21. The van der Waals surface area contributed by atoms with Crippen molar-refractivity contribution in [2.45, 2.75) is 26.3 Å². The van der Waals surface area contributed by atoms with E-state index in [-0.39, 0.29) is 17.4 Å². The summed E-state index contributed by atoms with van der Waals surface area (Å²) in [4.78, 5) is 21.2. The molecule has 1 aromatic carbocycles. The highest BCUT2D eigenvalue weighted by atomic mass is 32.1. The molecule has 0 radical (unpaired) electrons. The van der Waals surface area contributed by atoms with Crippen LogP contribution < -0.4 is 5.73 Å². The zero-order valence-corrected chi connectivity index (χ0v) is 15.9. The van der Waals surface area contributed by atoms with Crippen molar-refractivity contribution in [3.63, 3.8) is 0 Å². The Morgan fingerprint density at radius 3 is 2.81 bits per heavy atom. The maximum atomic E-state index is 13.4. The van der Waals surface area contributed by atoms with Gasteiger partial charge < -0.3 is 10.6 Å². The molecule has 1 fully saturated rings. The first-order valence-electron chi connectivity index (χ1n) is 8.94. The molecule has 0 bridgehead atoms. The number of amides is 1. The van der Waals surface area contributed by atoms with Gasteiger partial charge in [0.25, 0.3) is 5.91 Å². The maximum Gasteiger partial charge on any atom is 0.254 e. The number of carbonyl (C=O) groups excluding carboxylic acids is 1. The largest absolute Gasteiger partial charge is 0.338 e. The minimum absolute atomic E-state index is 0.0707. The summed E-state index contributed by atoms with van der Waals surface area (Å²) in [6, 6.07) is 14.0. The van der Waals surface area contributed by atoms with E-state index in [1.54, 1.807) is 11.3 Å². The molecule has 1 amide bonds. The molecule has 0 aliphatic carbocycles. The predicted molar refractivity (Wildman–Crippen MR) is 107 cm³/mol. The van der Waals surface area contributed by atoms with Gasteiger partial charge in [-0.2, -0.15) is 0 Å². The molecule has 2 aromatic heterocycles. The van der Waals surface area contributed by atoms with Gasteiger partial charge in [0.05, 0.1) is 21.7 Å². The molecule has 5 heteroatoms. The normalized spacial score (nSPS) is 19.7. The minimum atomic E-state index is -0.0761. The molecule has 0 saturated carbocycles. The lowest BCUT2D eigenvalue weighted by Crippen LogP contribution is -2.54. The molecule has 1 saturated heterocycles. The second kappa shape index (κ2) is 6.49. The first-order chi connectivity index (χ1) is 12.5.